The van der Waals surface area contributed by atoms with Crippen molar-refractivity contribution in [2.24, 2.45) is 11.8 Å². The highest BCUT2D eigenvalue weighted by atomic mass is 35.5. The number of piperidine rings is 1. The molecule has 3 rings (SSSR count). The Bertz CT molecular complexity index is 651. The summed E-state index contributed by atoms with van der Waals surface area (Å²) in [5.41, 5.74) is 3.21. The first-order valence-electron chi connectivity index (χ1n) is 9.88. The second kappa shape index (κ2) is 9.56. The molecule has 5 nitrogen and oxygen atoms in total. The standard InChI is InChI=1S/C21H31N3O2.ClH/c1-4-22-14-17-5-8-23(9-6-17)20(25)19-7-10-24(21(19)26)18-12-15(2)11-16(3)13-18;/h11-13,17,19,22H,4-10,14H2,1-3H3;1H. The van der Waals surface area contributed by atoms with E-state index in [-0.39, 0.29) is 24.2 Å². The van der Waals surface area contributed by atoms with Gasteiger partial charge in [0.25, 0.3) is 0 Å². The van der Waals surface area contributed by atoms with Gasteiger partial charge in [0.15, 0.2) is 0 Å². The van der Waals surface area contributed by atoms with Crippen molar-refractivity contribution in [3.05, 3.63) is 29.3 Å². The van der Waals surface area contributed by atoms with Crippen LogP contribution >= 0.6 is 12.4 Å². The third-order valence-corrected chi connectivity index (χ3v) is 5.63. The summed E-state index contributed by atoms with van der Waals surface area (Å²) in [6.07, 6.45) is 2.68. The quantitative estimate of drug-likeness (QED) is 0.782. The van der Waals surface area contributed by atoms with Gasteiger partial charge in [-0.2, -0.15) is 0 Å². The molecule has 6 heteroatoms. The minimum atomic E-state index is -0.499. The number of amides is 2. The minimum absolute atomic E-state index is 0. The summed E-state index contributed by atoms with van der Waals surface area (Å²) < 4.78 is 0. The van der Waals surface area contributed by atoms with E-state index in [4.69, 9.17) is 0 Å². The molecule has 1 unspecified atom stereocenters. The van der Waals surface area contributed by atoms with Crippen molar-refractivity contribution in [1.29, 1.82) is 0 Å². The second-order valence-corrected chi connectivity index (χ2v) is 7.75. The van der Waals surface area contributed by atoms with Crippen LogP contribution in [-0.2, 0) is 9.59 Å². The minimum Gasteiger partial charge on any atom is -0.342 e. The topological polar surface area (TPSA) is 52.7 Å². The van der Waals surface area contributed by atoms with E-state index in [1.54, 1.807) is 4.90 Å². The van der Waals surface area contributed by atoms with Gasteiger partial charge in [0, 0.05) is 25.3 Å². The summed E-state index contributed by atoms with van der Waals surface area (Å²) in [6, 6.07) is 6.16. The average Bonchev–Trinajstić information content (AvgIpc) is 3.00. The molecule has 1 aromatic carbocycles. The first-order chi connectivity index (χ1) is 12.5. The Hall–Kier alpha value is -1.59. The van der Waals surface area contributed by atoms with E-state index in [1.165, 1.54) is 0 Å². The van der Waals surface area contributed by atoms with Gasteiger partial charge in [0.2, 0.25) is 11.8 Å². The number of halogens is 1. The van der Waals surface area contributed by atoms with Crippen LogP contribution in [0.5, 0.6) is 0 Å². The van der Waals surface area contributed by atoms with Gasteiger partial charge in [-0.05, 0) is 75.4 Å². The Morgan fingerprint density at radius 2 is 1.70 bits per heavy atom. The number of hydrogen-bond acceptors (Lipinski definition) is 3. The second-order valence-electron chi connectivity index (χ2n) is 7.75. The number of carbonyl (C=O) groups excluding carboxylic acids is 2. The van der Waals surface area contributed by atoms with Crippen LogP contribution in [0.25, 0.3) is 0 Å². The number of carbonyl (C=O) groups is 2. The van der Waals surface area contributed by atoms with Crippen LogP contribution in [0.3, 0.4) is 0 Å². The molecule has 1 aromatic rings. The summed E-state index contributed by atoms with van der Waals surface area (Å²) in [6.45, 7) is 10.4. The lowest BCUT2D eigenvalue weighted by Crippen LogP contribution is -2.45. The van der Waals surface area contributed by atoms with E-state index in [1.807, 2.05) is 30.9 Å². The fourth-order valence-corrected chi connectivity index (χ4v) is 4.20. The van der Waals surface area contributed by atoms with Crippen LogP contribution in [0.4, 0.5) is 5.69 Å². The number of rotatable bonds is 5. The van der Waals surface area contributed by atoms with Gasteiger partial charge in [-0.15, -0.1) is 12.4 Å². The lowest BCUT2D eigenvalue weighted by Gasteiger charge is -2.33. The number of hydrogen-bond donors (Lipinski definition) is 1. The average molecular weight is 394 g/mol. The van der Waals surface area contributed by atoms with E-state index in [2.05, 4.69) is 18.3 Å². The van der Waals surface area contributed by atoms with Crippen LogP contribution in [-0.4, -0.2) is 49.4 Å². The largest absolute Gasteiger partial charge is 0.342 e. The molecule has 0 aromatic heterocycles. The predicted molar refractivity (Wildman–Crippen MR) is 111 cm³/mol. The van der Waals surface area contributed by atoms with Crippen LogP contribution in [0, 0.1) is 25.7 Å². The first-order valence-corrected chi connectivity index (χ1v) is 9.88. The van der Waals surface area contributed by atoms with Crippen molar-refractivity contribution in [2.45, 2.75) is 40.0 Å². The van der Waals surface area contributed by atoms with Gasteiger partial charge in [-0.25, -0.2) is 0 Å². The van der Waals surface area contributed by atoms with Gasteiger partial charge in [0.1, 0.15) is 5.92 Å². The molecule has 2 heterocycles. The van der Waals surface area contributed by atoms with E-state index in [0.29, 0.717) is 18.9 Å². The molecule has 0 spiro atoms. The van der Waals surface area contributed by atoms with E-state index < -0.39 is 5.92 Å². The first kappa shape index (κ1) is 21.7. The fraction of sp³-hybridized carbons (Fsp3) is 0.619. The number of nitrogens with one attached hydrogen (secondary N) is 1. The molecular weight excluding hydrogens is 362 g/mol. The highest BCUT2D eigenvalue weighted by molar-refractivity contribution is 6.09. The lowest BCUT2D eigenvalue weighted by molar-refractivity contribution is -0.141. The van der Waals surface area contributed by atoms with Crippen LogP contribution in [0.2, 0.25) is 0 Å². The van der Waals surface area contributed by atoms with Crippen molar-refractivity contribution in [1.82, 2.24) is 10.2 Å². The molecule has 0 bridgehead atoms. The number of aryl methyl sites for hydroxylation is 2. The predicted octanol–water partition coefficient (Wildman–Crippen LogP) is 2.93. The highest BCUT2D eigenvalue weighted by Crippen LogP contribution is 2.29. The maximum atomic E-state index is 12.9. The highest BCUT2D eigenvalue weighted by Gasteiger charge is 2.40. The Morgan fingerprint density at radius 1 is 1.07 bits per heavy atom. The van der Waals surface area contributed by atoms with E-state index in [9.17, 15) is 9.59 Å². The zero-order valence-electron chi connectivity index (χ0n) is 16.7. The zero-order valence-corrected chi connectivity index (χ0v) is 17.5. The molecule has 150 valence electrons. The number of nitrogens with zero attached hydrogens (tertiary/aromatic N) is 2. The van der Waals surface area contributed by atoms with Gasteiger partial charge >= 0.3 is 0 Å². The third kappa shape index (κ3) is 5.02. The molecule has 1 N–H and O–H groups in total. The van der Waals surface area contributed by atoms with Gasteiger partial charge < -0.3 is 15.1 Å². The number of likely N-dealkylation sites (tertiary alicyclic amines) is 1. The molecule has 2 fully saturated rings. The zero-order chi connectivity index (χ0) is 18.7. The van der Waals surface area contributed by atoms with Gasteiger partial charge in [0.05, 0.1) is 0 Å². The molecule has 0 aliphatic carbocycles. The van der Waals surface area contributed by atoms with Gasteiger partial charge in [-0.3, -0.25) is 9.59 Å². The normalized spacial score (nSPS) is 20.7. The van der Waals surface area contributed by atoms with Crippen LogP contribution < -0.4 is 10.2 Å². The SMILES string of the molecule is CCNCC1CCN(C(=O)C2CCN(c3cc(C)cc(C)c3)C2=O)CC1.Cl. The number of anilines is 1. The molecule has 2 aliphatic heterocycles. The van der Waals surface area contributed by atoms with Crippen LogP contribution in [0.1, 0.15) is 37.3 Å². The number of benzene rings is 1. The summed E-state index contributed by atoms with van der Waals surface area (Å²) >= 11 is 0. The Morgan fingerprint density at radius 3 is 2.30 bits per heavy atom. The molecule has 27 heavy (non-hydrogen) atoms. The van der Waals surface area contributed by atoms with Crippen molar-refractivity contribution in [3.63, 3.8) is 0 Å². The molecular formula is C21H32ClN3O2. The Kier molecular flexibility index (Phi) is 7.68. The summed E-state index contributed by atoms with van der Waals surface area (Å²) in [7, 11) is 0. The fourth-order valence-electron chi connectivity index (χ4n) is 4.20. The molecule has 0 saturated carbocycles. The maximum Gasteiger partial charge on any atom is 0.239 e. The van der Waals surface area contributed by atoms with Crippen molar-refractivity contribution >= 4 is 29.9 Å². The monoisotopic (exact) mass is 393 g/mol. The molecule has 2 amide bonds. The van der Waals surface area contributed by atoms with E-state index >= 15 is 0 Å². The summed E-state index contributed by atoms with van der Waals surface area (Å²) in [5, 5.41) is 3.39. The Labute approximate surface area is 168 Å². The van der Waals surface area contributed by atoms with Crippen LogP contribution in [0.15, 0.2) is 18.2 Å². The van der Waals surface area contributed by atoms with Crippen molar-refractivity contribution in [3.8, 4) is 0 Å². The summed E-state index contributed by atoms with van der Waals surface area (Å²) in [4.78, 5) is 29.5. The molecule has 1 atom stereocenters. The summed E-state index contributed by atoms with van der Waals surface area (Å²) in [5.74, 6) is 0.143. The van der Waals surface area contributed by atoms with Crippen molar-refractivity contribution < 1.29 is 9.59 Å². The molecule has 2 saturated heterocycles. The van der Waals surface area contributed by atoms with E-state index in [0.717, 1.165) is 55.8 Å². The lowest BCUT2D eigenvalue weighted by atomic mass is 9.95. The maximum absolute atomic E-state index is 12.9. The smallest absolute Gasteiger partial charge is 0.239 e. The third-order valence-electron chi connectivity index (χ3n) is 5.63. The Balaban J connectivity index is 0.00000261. The van der Waals surface area contributed by atoms with Gasteiger partial charge in [-0.1, -0.05) is 13.0 Å². The molecule has 0 radical (unpaired) electrons. The molecule has 2 aliphatic rings. The van der Waals surface area contributed by atoms with Crippen molar-refractivity contribution in [2.75, 3.05) is 37.6 Å².